The fourth-order valence-corrected chi connectivity index (χ4v) is 2.07. The van der Waals surface area contributed by atoms with E-state index in [-0.39, 0.29) is 0 Å². The van der Waals surface area contributed by atoms with Gasteiger partial charge in [0.05, 0.1) is 11.4 Å². The van der Waals surface area contributed by atoms with Crippen molar-refractivity contribution in [2.24, 2.45) is 0 Å². The van der Waals surface area contributed by atoms with Crippen LogP contribution in [0.5, 0.6) is 0 Å². The summed E-state index contributed by atoms with van der Waals surface area (Å²) in [7, 11) is 0. The molecule has 0 aliphatic heterocycles. The third-order valence-electron chi connectivity index (χ3n) is 2.63. The summed E-state index contributed by atoms with van der Waals surface area (Å²) in [6.45, 7) is 3.85. The van der Waals surface area contributed by atoms with E-state index in [1.54, 1.807) is 16.8 Å². The van der Waals surface area contributed by atoms with Crippen LogP contribution < -0.4 is 0 Å². The number of rotatable bonds is 3. The molecule has 0 aliphatic rings. The maximum Gasteiger partial charge on any atom is 0.328 e. The van der Waals surface area contributed by atoms with Crippen molar-refractivity contribution in [2.75, 3.05) is 0 Å². The first-order valence-electron chi connectivity index (χ1n) is 5.71. The molecule has 98 valence electrons. The lowest BCUT2D eigenvalue weighted by Crippen LogP contribution is -2.01. The van der Waals surface area contributed by atoms with Gasteiger partial charge in [-0.1, -0.05) is 11.6 Å². The number of hydrogen-bond acceptors (Lipinski definition) is 2. The van der Waals surface area contributed by atoms with Crippen LogP contribution in [0.2, 0.25) is 5.02 Å². The van der Waals surface area contributed by atoms with Crippen LogP contribution in [0.15, 0.2) is 30.3 Å². The van der Waals surface area contributed by atoms with Crippen molar-refractivity contribution in [1.29, 1.82) is 0 Å². The average Bonchev–Trinajstić information content (AvgIpc) is 2.66. The molecule has 0 saturated heterocycles. The zero-order valence-corrected chi connectivity index (χ0v) is 11.3. The van der Waals surface area contributed by atoms with E-state index in [2.05, 4.69) is 5.10 Å². The normalized spacial score (nSPS) is 11.1. The molecule has 5 heteroatoms. The molecule has 1 N–H and O–H groups in total. The predicted molar refractivity (Wildman–Crippen MR) is 74.7 cm³/mol. The van der Waals surface area contributed by atoms with E-state index < -0.39 is 5.97 Å². The summed E-state index contributed by atoms with van der Waals surface area (Å²) in [6.07, 6.45) is 2.60. The molecular weight excluding hydrogens is 264 g/mol. The molecule has 0 atom stereocenters. The second kappa shape index (κ2) is 5.28. The van der Waals surface area contributed by atoms with E-state index >= 15 is 0 Å². The molecule has 2 rings (SSSR count). The van der Waals surface area contributed by atoms with E-state index in [9.17, 15) is 4.79 Å². The van der Waals surface area contributed by atoms with Crippen LogP contribution in [-0.4, -0.2) is 20.9 Å². The van der Waals surface area contributed by atoms with Crippen molar-refractivity contribution < 1.29 is 9.90 Å². The molecule has 0 spiro atoms. The molecule has 0 unspecified atom stereocenters. The summed E-state index contributed by atoms with van der Waals surface area (Å²) in [4.78, 5) is 10.6. The molecule has 2 aromatic rings. The van der Waals surface area contributed by atoms with E-state index in [4.69, 9.17) is 16.7 Å². The maximum absolute atomic E-state index is 10.6. The van der Waals surface area contributed by atoms with Gasteiger partial charge in [-0.2, -0.15) is 5.10 Å². The Hall–Kier alpha value is -2.07. The molecule has 0 amide bonds. The predicted octanol–water partition coefficient (Wildman–Crippen LogP) is 3.24. The molecule has 0 bridgehead atoms. The summed E-state index contributed by atoms with van der Waals surface area (Å²) in [5.41, 5.74) is 3.39. The topological polar surface area (TPSA) is 55.1 Å². The molecule has 0 fully saturated rings. The van der Waals surface area contributed by atoms with Crippen LogP contribution in [0.1, 0.15) is 17.0 Å². The Labute approximate surface area is 115 Å². The smallest absolute Gasteiger partial charge is 0.328 e. The van der Waals surface area contributed by atoms with Crippen molar-refractivity contribution in [3.8, 4) is 5.69 Å². The highest BCUT2D eigenvalue weighted by atomic mass is 35.5. The average molecular weight is 277 g/mol. The highest BCUT2D eigenvalue weighted by Gasteiger charge is 2.08. The van der Waals surface area contributed by atoms with Crippen molar-refractivity contribution in [2.45, 2.75) is 13.8 Å². The molecule has 19 heavy (non-hydrogen) atoms. The second-order valence-electron chi connectivity index (χ2n) is 4.21. The first-order valence-corrected chi connectivity index (χ1v) is 6.09. The fourth-order valence-electron chi connectivity index (χ4n) is 1.89. The Morgan fingerprint density at radius 3 is 2.68 bits per heavy atom. The fraction of sp³-hybridized carbons (Fsp3) is 0.143. The molecule has 1 aromatic heterocycles. The van der Waals surface area contributed by atoms with Gasteiger partial charge in [-0.05, 0) is 44.2 Å². The second-order valence-corrected chi connectivity index (χ2v) is 4.65. The van der Waals surface area contributed by atoms with Gasteiger partial charge in [-0.25, -0.2) is 9.48 Å². The Kier molecular flexibility index (Phi) is 3.71. The number of aryl methyl sites for hydroxylation is 2. The first-order chi connectivity index (χ1) is 8.97. The largest absolute Gasteiger partial charge is 0.478 e. The van der Waals surface area contributed by atoms with Crippen molar-refractivity contribution in [3.63, 3.8) is 0 Å². The van der Waals surface area contributed by atoms with Gasteiger partial charge in [0, 0.05) is 22.4 Å². The van der Waals surface area contributed by atoms with E-state index in [1.807, 2.05) is 26.0 Å². The van der Waals surface area contributed by atoms with Crippen LogP contribution in [0.4, 0.5) is 0 Å². The quantitative estimate of drug-likeness (QED) is 0.876. The van der Waals surface area contributed by atoms with Crippen LogP contribution in [0.3, 0.4) is 0 Å². The molecule has 0 saturated carbocycles. The van der Waals surface area contributed by atoms with E-state index in [0.717, 1.165) is 23.2 Å². The lowest BCUT2D eigenvalue weighted by Gasteiger charge is -2.08. The lowest BCUT2D eigenvalue weighted by atomic mass is 10.1. The van der Waals surface area contributed by atoms with Crippen LogP contribution in [0, 0.1) is 13.8 Å². The molecule has 0 radical (unpaired) electrons. The lowest BCUT2D eigenvalue weighted by molar-refractivity contribution is -0.131. The minimum Gasteiger partial charge on any atom is -0.478 e. The zero-order chi connectivity index (χ0) is 14.0. The van der Waals surface area contributed by atoms with E-state index in [1.165, 1.54) is 6.08 Å². The Bertz CT molecular complexity index is 659. The van der Waals surface area contributed by atoms with Crippen molar-refractivity contribution in [3.05, 3.63) is 52.3 Å². The molecule has 0 aliphatic carbocycles. The van der Waals surface area contributed by atoms with Gasteiger partial charge < -0.3 is 5.11 Å². The van der Waals surface area contributed by atoms with Crippen LogP contribution in [-0.2, 0) is 4.79 Å². The monoisotopic (exact) mass is 276 g/mol. The Balaban J connectivity index is 2.57. The standard InChI is InChI=1S/C14H13ClN2O2/c1-9-7-10(2)17(16-9)13-5-4-12(15)8-11(13)3-6-14(18)19/h3-8H,1-2H3,(H,18,19)/b6-3+. The molecule has 1 heterocycles. The number of hydrogen-bond donors (Lipinski definition) is 1. The summed E-state index contributed by atoms with van der Waals surface area (Å²) >= 11 is 5.95. The van der Waals surface area contributed by atoms with Crippen molar-refractivity contribution in [1.82, 2.24) is 9.78 Å². The number of halogens is 1. The van der Waals surface area contributed by atoms with Gasteiger partial charge >= 0.3 is 5.97 Å². The number of benzene rings is 1. The molecule has 1 aromatic carbocycles. The van der Waals surface area contributed by atoms with Crippen molar-refractivity contribution >= 4 is 23.6 Å². The summed E-state index contributed by atoms with van der Waals surface area (Å²) in [5.74, 6) is -1.00. The third kappa shape index (κ3) is 3.03. The minimum atomic E-state index is -1.00. The number of aromatic nitrogens is 2. The van der Waals surface area contributed by atoms with Gasteiger partial charge in [0.1, 0.15) is 0 Å². The summed E-state index contributed by atoms with van der Waals surface area (Å²) in [5, 5.41) is 13.7. The van der Waals surface area contributed by atoms with Gasteiger partial charge in [-0.3, -0.25) is 0 Å². The van der Waals surface area contributed by atoms with Crippen LogP contribution in [0.25, 0.3) is 11.8 Å². The summed E-state index contributed by atoms with van der Waals surface area (Å²) < 4.78 is 1.77. The molecule has 4 nitrogen and oxygen atoms in total. The highest BCUT2D eigenvalue weighted by Crippen LogP contribution is 2.22. The maximum atomic E-state index is 10.6. The van der Waals surface area contributed by atoms with Gasteiger partial charge in [0.2, 0.25) is 0 Å². The number of carboxylic acid groups (broad SMARTS) is 1. The van der Waals surface area contributed by atoms with Gasteiger partial charge in [0.15, 0.2) is 0 Å². The highest BCUT2D eigenvalue weighted by molar-refractivity contribution is 6.30. The third-order valence-corrected chi connectivity index (χ3v) is 2.87. The zero-order valence-electron chi connectivity index (χ0n) is 10.6. The molecular formula is C14H13ClN2O2. The number of aliphatic carboxylic acids is 1. The number of carboxylic acids is 1. The minimum absolute atomic E-state index is 0.551. The van der Waals surface area contributed by atoms with E-state index in [0.29, 0.717) is 10.6 Å². The van der Waals surface area contributed by atoms with Crippen LogP contribution >= 0.6 is 11.6 Å². The van der Waals surface area contributed by atoms with Gasteiger partial charge in [0.25, 0.3) is 0 Å². The SMILES string of the molecule is Cc1cc(C)n(-c2ccc(Cl)cc2/C=C/C(=O)O)n1. The first kappa shape index (κ1) is 13.4. The van der Waals surface area contributed by atoms with Gasteiger partial charge in [-0.15, -0.1) is 0 Å². The Morgan fingerprint density at radius 1 is 1.37 bits per heavy atom. The number of nitrogens with zero attached hydrogens (tertiary/aromatic N) is 2. The summed E-state index contributed by atoms with van der Waals surface area (Å²) in [6, 6.07) is 7.25. The number of carbonyl (C=O) groups is 1. The Morgan fingerprint density at radius 2 is 2.11 bits per heavy atom.